The fourth-order valence-corrected chi connectivity index (χ4v) is 3.68. The average Bonchev–Trinajstić information content (AvgIpc) is 3.03. The Morgan fingerprint density at radius 1 is 1.21 bits per heavy atom. The normalized spacial score (nSPS) is 15.8. The Morgan fingerprint density at radius 2 is 1.89 bits per heavy atom. The Labute approximate surface area is 169 Å². The van der Waals surface area contributed by atoms with E-state index in [1.165, 1.54) is 0 Å². The van der Waals surface area contributed by atoms with Crippen LogP contribution < -0.4 is 5.32 Å². The van der Waals surface area contributed by atoms with Crippen LogP contribution in [0.5, 0.6) is 0 Å². The number of carbonyl (C=O) groups is 2. The van der Waals surface area contributed by atoms with Crippen LogP contribution in [0, 0.1) is 0 Å². The fraction of sp³-hybridized carbons (Fsp3) is 0.500. The molecule has 1 fully saturated rings. The van der Waals surface area contributed by atoms with Crippen LogP contribution in [0.1, 0.15) is 44.9 Å². The molecule has 1 aliphatic rings. The van der Waals surface area contributed by atoms with Gasteiger partial charge in [-0.2, -0.15) is 5.10 Å². The summed E-state index contributed by atoms with van der Waals surface area (Å²) in [6.07, 6.45) is 4.09. The number of halogens is 1. The van der Waals surface area contributed by atoms with Gasteiger partial charge in [-0.1, -0.05) is 30.9 Å². The smallest absolute Gasteiger partial charge is 0.331 e. The van der Waals surface area contributed by atoms with Crippen LogP contribution >= 0.6 is 11.6 Å². The lowest BCUT2D eigenvalue weighted by Gasteiger charge is -2.35. The van der Waals surface area contributed by atoms with Gasteiger partial charge in [-0.25, -0.2) is 9.78 Å². The lowest BCUT2D eigenvalue weighted by atomic mass is 9.81. The molecule has 0 bridgehead atoms. The highest BCUT2D eigenvalue weighted by Gasteiger charge is 2.42. The van der Waals surface area contributed by atoms with Gasteiger partial charge in [-0.15, -0.1) is 0 Å². The summed E-state index contributed by atoms with van der Waals surface area (Å²) < 4.78 is 6.82. The summed E-state index contributed by atoms with van der Waals surface area (Å²) >= 11 is 5.92. The summed E-state index contributed by atoms with van der Waals surface area (Å²) in [7, 11) is 1.75. The molecule has 1 saturated carbocycles. The molecule has 0 radical (unpaired) electrons. The predicted octanol–water partition coefficient (Wildman–Crippen LogP) is 3.06. The Kier molecular flexibility index (Phi) is 6.34. The van der Waals surface area contributed by atoms with Gasteiger partial charge < -0.3 is 10.1 Å². The molecule has 1 aliphatic carbocycles. The molecular formula is C20H25ClN4O3. The number of esters is 1. The van der Waals surface area contributed by atoms with E-state index in [2.05, 4.69) is 15.4 Å². The first kappa shape index (κ1) is 20.3. The summed E-state index contributed by atoms with van der Waals surface area (Å²) in [5.41, 5.74) is -0.106. The average molecular weight is 405 g/mol. The van der Waals surface area contributed by atoms with Crippen LogP contribution in [0.15, 0.2) is 24.3 Å². The van der Waals surface area contributed by atoms with E-state index in [-0.39, 0.29) is 18.3 Å². The van der Waals surface area contributed by atoms with Gasteiger partial charge in [-0.3, -0.25) is 9.48 Å². The quantitative estimate of drug-likeness (QED) is 0.748. The fourth-order valence-electron chi connectivity index (χ4n) is 3.55. The van der Waals surface area contributed by atoms with Crippen molar-refractivity contribution in [3.63, 3.8) is 0 Å². The van der Waals surface area contributed by atoms with Gasteiger partial charge in [0.1, 0.15) is 11.4 Å². The molecular weight excluding hydrogens is 380 g/mol. The first-order valence-corrected chi connectivity index (χ1v) is 9.95. The van der Waals surface area contributed by atoms with E-state index < -0.39 is 5.54 Å². The first-order valence-electron chi connectivity index (χ1n) is 9.57. The van der Waals surface area contributed by atoms with Gasteiger partial charge in [0.25, 0.3) is 0 Å². The largest absolute Gasteiger partial charge is 0.464 e. The number of hydrogen-bond acceptors (Lipinski definition) is 5. The highest BCUT2D eigenvalue weighted by atomic mass is 35.5. The van der Waals surface area contributed by atoms with E-state index in [0.717, 1.165) is 24.8 Å². The van der Waals surface area contributed by atoms with Crippen LogP contribution in [-0.2, 0) is 27.8 Å². The van der Waals surface area contributed by atoms with Crippen LogP contribution in [0.4, 0.5) is 0 Å². The maximum atomic E-state index is 12.7. The highest BCUT2D eigenvalue weighted by molar-refractivity contribution is 6.30. The van der Waals surface area contributed by atoms with Crippen molar-refractivity contribution in [3.05, 3.63) is 35.1 Å². The summed E-state index contributed by atoms with van der Waals surface area (Å²) in [4.78, 5) is 29.7. The summed E-state index contributed by atoms with van der Waals surface area (Å²) in [6, 6.07) is 7.20. The SMILES string of the molecule is CCOC(=O)C1(NC(=O)Cc2nc(-c3ccc(Cl)cc3)nn2C)CCCCC1. The molecule has 2 aromatic rings. The second kappa shape index (κ2) is 8.73. The monoisotopic (exact) mass is 404 g/mol. The third-order valence-corrected chi connectivity index (χ3v) is 5.28. The maximum absolute atomic E-state index is 12.7. The number of rotatable bonds is 6. The summed E-state index contributed by atoms with van der Waals surface area (Å²) in [5, 5.41) is 7.96. The van der Waals surface area contributed by atoms with E-state index in [0.29, 0.717) is 36.1 Å². The van der Waals surface area contributed by atoms with Gasteiger partial charge in [-0.05, 0) is 44.0 Å². The molecule has 1 N–H and O–H groups in total. The van der Waals surface area contributed by atoms with Crippen molar-refractivity contribution in [2.45, 2.75) is 51.0 Å². The number of nitrogens with one attached hydrogen (secondary N) is 1. The molecule has 0 spiro atoms. The Bertz CT molecular complexity index is 842. The molecule has 1 aromatic carbocycles. The van der Waals surface area contributed by atoms with Crippen LogP contribution in [0.3, 0.4) is 0 Å². The third-order valence-electron chi connectivity index (χ3n) is 5.03. The molecule has 3 rings (SSSR count). The van der Waals surface area contributed by atoms with Gasteiger partial charge in [0.15, 0.2) is 5.82 Å². The first-order chi connectivity index (χ1) is 13.4. The number of aryl methyl sites for hydroxylation is 1. The lowest BCUT2D eigenvalue weighted by Crippen LogP contribution is -2.56. The molecule has 7 nitrogen and oxygen atoms in total. The van der Waals surface area contributed by atoms with Gasteiger partial charge in [0, 0.05) is 17.6 Å². The van der Waals surface area contributed by atoms with E-state index in [9.17, 15) is 9.59 Å². The van der Waals surface area contributed by atoms with Crippen molar-refractivity contribution in [1.82, 2.24) is 20.1 Å². The number of amides is 1. The van der Waals surface area contributed by atoms with E-state index >= 15 is 0 Å². The Balaban J connectivity index is 1.73. The van der Waals surface area contributed by atoms with Crippen molar-refractivity contribution in [2.24, 2.45) is 7.05 Å². The number of hydrogen-bond donors (Lipinski definition) is 1. The van der Waals surface area contributed by atoms with Crippen LogP contribution in [0.2, 0.25) is 5.02 Å². The summed E-state index contributed by atoms with van der Waals surface area (Å²) in [5.74, 6) is 0.452. The van der Waals surface area contributed by atoms with Crippen LogP contribution in [0.25, 0.3) is 11.4 Å². The topological polar surface area (TPSA) is 86.1 Å². The minimum Gasteiger partial charge on any atom is -0.464 e. The minimum absolute atomic E-state index is 0.0399. The van der Waals surface area contributed by atoms with Crippen LogP contribution in [-0.4, -0.2) is 38.8 Å². The molecule has 28 heavy (non-hydrogen) atoms. The molecule has 0 atom stereocenters. The standard InChI is InChI=1S/C20H25ClN4O3/c1-3-28-19(27)20(11-5-4-6-12-20)23-17(26)13-16-22-18(24-25(16)2)14-7-9-15(21)10-8-14/h7-10H,3-6,11-13H2,1-2H3,(H,23,26). The molecule has 150 valence electrons. The Morgan fingerprint density at radius 3 is 2.54 bits per heavy atom. The second-order valence-electron chi connectivity index (χ2n) is 7.07. The number of benzene rings is 1. The Hall–Kier alpha value is -2.41. The van der Waals surface area contributed by atoms with Crippen molar-refractivity contribution >= 4 is 23.5 Å². The van der Waals surface area contributed by atoms with Gasteiger partial charge >= 0.3 is 5.97 Å². The zero-order valence-electron chi connectivity index (χ0n) is 16.2. The number of nitrogens with zero attached hydrogens (tertiary/aromatic N) is 3. The molecule has 0 saturated heterocycles. The predicted molar refractivity (Wildman–Crippen MR) is 106 cm³/mol. The molecule has 0 aliphatic heterocycles. The molecule has 8 heteroatoms. The molecule has 0 unspecified atom stereocenters. The minimum atomic E-state index is -0.928. The van der Waals surface area contributed by atoms with Gasteiger partial charge in [0.05, 0.1) is 13.0 Å². The second-order valence-corrected chi connectivity index (χ2v) is 7.51. The van der Waals surface area contributed by atoms with Gasteiger partial charge in [0.2, 0.25) is 5.91 Å². The van der Waals surface area contributed by atoms with E-state index in [4.69, 9.17) is 16.3 Å². The molecule has 1 heterocycles. The summed E-state index contributed by atoms with van der Waals surface area (Å²) in [6.45, 7) is 2.07. The number of carbonyl (C=O) groups excluding carboxylic acids is 2. The van der Waals surface area contributed by atoms with Crippen molar-refractivity contribution in [3.8, 4) is 11.4 Å². The zero-order valence-corrected chi connectivity index (χ0v) is 17.0. The maximum Gasteiger partial charge on any atom is 0.331 e. The third kappa shape index (κ3) is 4.52. The highest BCUT2D eigenvalue weighted by Crippen LogP contribution is 2.29. The van der Waals surface area contributed by atoms with Crippen molar-refractivity contribution in [1.29, 1.82) is 0 Å². The molecule has 1 amide bonds. The van der Waals surface area contributed by atoms with Crippen molar-refractivity contribution in [2.75, 3.05) is 6.61 Å². The molecule has 1 aromatic heterocycles. The van der Waals surface area contributed by atoms with Crippen molar-refractivity contribution < 1.29 is 14.3 Å². The van der Waals surface area contributed by atoms with E-state index in [1.54, 1.807) is 30.8 Å². The number of aromatic nitrogens is 3. The zero-order chi connectivity index (χ0) is 20.1. The lowest BCUT2D eigenvalue weighted by molar-refractivity contribution is -0.155. The number of ether oxygens (including phenoxy) is 1. The van der Waals surface area contributed by atoms with E-state index in [1.807, 2.05) is 12.1 Å².